The molecule has 2 N–H and O–H groups in total. The average molecular weight is 270 g/mol. The number of rotatable bonds is 3. The molecule has 0 radical (unpaired) electrons. The number of anilines is 1. The highest BCUT2D eigenvalue weighted by Crippen LogP contribution is 2.22. The molecule has 0 aliphatic carbocycles. The van der Waals surface area contributed by atoms with Crippen molar-refractivity contribution in [2.75, 3.05) is 32.1 Å². The number of aliphatic hydroxyl groups excluding tert-OH is 1. The van der Waals surface area contributed by atoms with E-state index in [-0.39, 0.29) is 18.4 Å². The number of carbonyl (C=O) groups is 1. The number of aliphatic hydroxyl groups is 1. The van der Waals surface area contributed by atoms with Gasteiger partial charge in [-0.1, -0.05) is 11.6 Å². The second kappa shape index (κ2) is 5.54. The Labute approximate surface area is 111 Å². The first-order valence-corrected chi connectivity index (χ1v) is 6.27. The van der Waals surface area contributed by atoms with Crippen molar-refractivity contribution in [3.05, 3.63) is 22.8 Å². The first kappa shape index (κ1) is 13.1. The van der Waals surface area contributed by atoms with E-state index in [1.54, 1.807) is 18.0 Å². The Morgan fingerprint density at radius 1 is 1.72 bits per heavy atom. The maximum absolute atomic E-state index is 12.2. The summed E-state index contributed by atoms with van der Waals surface area (Å²) in [5.41, 5.74) is 0.484. The molecule has 5 nitrogen and oxygen atoms in total. The van der Waals surface area contributed by atoms with Crippen molar-refractivity contribution in [2.45, 2.75) is 6.42 Å². The van der Waals surface area contributed by atoms with Crippen molar-refractivity contribution in [3.8, 4) is 0 Å². The van der Waals surface area contributed by atoms with Crippen LogP contribution in [0.2, 0.25) is 5.02 Å². The molecule has 1 unspecified atom stereocenters. The van der Waals surface area contributed by atoms with Crippen LogP contribution in [0.4, 0.5) is 5.82 Å². The molecule has 1 aromatic rings. The highest BCUT2D eigenvalue weighted by Gasteiger charge is 2.26. The van der Waals surface area contributed by atoms with Crippen LogP contribution in [0.5, 0.6) is 0 Å². The number of pyridine rings is 1. The summed E-state index contributed by atoms with van der Waals surface area (Å²) in [5.74, 6) is 0.667. The van der Waals surface area contributed by atoms with E-state index >= 15 is 0 Å². The smallest absolute Gasteiger partial charge is 0.255 e. The lowest BCUT2D eigenvalue weighted by atomic mass is 10.1. The van der Waals surface area contributed by atoms with Gasteiger partial charge in [0.25, 0.3) is 5.91 Å². The van der Waals surface area contributed by atoms with E-state index in [4.69, 9.17) is 16.7 Å². The van der Waals surface area contributed by atoms with Gasteiger partial charge in [-0.05, 0) is 12.5 Å². The van der Waals surface area contributed by atoms with Crippen LogP contribution < -0.4 is 5.32 Å². The van der Waals surface area contributed by atoms with E-state index < -0.39 is 0 Å². The Morgan fingerprint density at radius 3 is 3.06 bits per heavy atom. The summed E-state index contributed by atoms with van der Waals surface area (Å²) in [6.07, 6.45) is 2.37. The molecule has 0 aromatic carbocycles. The van der Waals surface area contributed by atoms with Gasteiger partial charge in [-0.15, -0.1) is 0 Å². The zero-order valence-electron chi connectivity index (χ0n) is 10.2. The number of aromatic nitrogens is 1. The van der Waals surface area contributed by atoms with Gasteiger partial charge < -0.3 is 15.3 Å². The zero-order chi connectivity index (χ0) is 13.1. The molecule has 0 saturated carbocycles. The fraction of sp³-hybridized carbons (Fsp3) is 0.500. The Hall–Kier alpha value is -1.33. The van der Waals surface area contributed by atoms with Crippen LogP contribution >= 0.6 is 11.6 Å². The maximum Gasteiger partial charge on any atom is 0.255 e. The van der Waals surface area contributed by atoms with E-state index in [0.717, 1.165) is 6.42 Å². The minimum Gasteiger partial charge on any atom is -0.396 e. The highest BCUT2D eigenvalue weighted by atomic mass is 35.5. The molecule has 6 heteroatoms. The fourth-order valence-corrected chi connectivity index (χ4v) is 2.35. The molecule has 1 fully saturated rings. The summed E-state index contributed by atoms with van der Waals surface area (Å²) in [5, 5.41) is 12.3. The molecule has 1 atom stereocenters. The van der Waals surface area contributed by atoms with Gasteiger partial charge in [0.15, 0.2) is 0 Å². The zero-order valence-corrected chi connectivity index (χ0v) is 10.9. The van der Waals surface area contributed by atoms with E-state index in [0.29, 0.717) is 29.5 Å². The Morgan fingerprint density at radius 2 is 2.50 bits per heavy atom. The first-order valence-electron chi connectivity index (χ1n) is 5.89. The lowest BCUT2D eigenvalue weighted by Crippen LogP contribution is -2.29. The van der Waals surface area contributed by atoms with Crippen molar-refractivity contribution >= 4 is 23.3 Å². The van der Waals surface area contributed by atoms with Crippen LogP contribution in [0.1, 0.15) is 16.8 Å². The van der Waals surface area contributed by atoms with Crippen LogP contribution in [0.25, 0.3) is 0 Å². The predicted octanol–water partition coefficient (Wildman–Crippen LogP) is 1.23. The van der Waals surface area contributed by atoms with Crippen molar-refractivity contribution < 1.29 is 9.90 Å². The average Bonchev–Trinajstić information content (AvgIpc) is 2.86. The molecule has 1 saturated heterocycles. The molecular weight excluding hydrogens is 254 g/mol. The minimum absolute atomic E-state index is 0.0806. The van der Waals surface area contributed by atoms with Crippen LogP contribution in [0, 0.1) is 5.92 Å². The molecule has 1 aromatic heterocycles. The van der Waals surface area contributed by atoms with Crippen molar-refractivity contribution in [1.29, 1.82) is 0 Å². The topological polar surface area (TPSA) is 65.5 Å². The van der Waals surface area contributed by atoms with E-state index in [2.05, 4.69) is 10.3 Å². The summed E-state index contributed by atoms with van der Waals surface area (Å²) in [6, 6.07) is 1.62. The van der Waals surface area contributed by atoms with Gasteiger partial charge in [0.05, 0.1) is 10.6 Å². The van der Waals surface area contributed by atoms with Crippen LogP contribution in [-0.4, -0.2) is 47.6 Å². The number of nitrogens with zero attached hydrogens (tertiary/aromatic N) is 2. The molecule has 1 aliphatic rings. The number of amides is 1. The molecule has 98 valence electrons. The van der Waals surface area contributed by atoms with Gasteiger partial charge in [0.2, 0.25) is 0 Å². The largest absolute Gasteiger partial charge is 0.396 e. The number of likely N-dealkylation sites (tertiary alicyclic amines) is 1. The second-order valence-corrected chi connectivity index (χ2v) is 4.80. The first-order chi connectivity index (χ1) is 8.65. The van der Waals surface area contributed by atoms with Gasteiger partial charge in [-0.3, -0.25) is 4.79 Å². The predicted molar refractivity (Wildman–Crippen MR) is 69.9 cm³/mol. The third-order valence-corrected chi connectivity index (χ3v) is 3.44. The summed E-state index contributed by atoms with van der Waals surface area (Å²) in [6.45, 7) is 1.40. The number of carbonyl (C=O) groups excluding carboxylic acids is 1. The molecule has 1 amide bonds. The second-order valence-electron chi connectivity index (χ2n) is 4.39. The van der Waals surface area contributed by atoms with Crippen molar-refractivity contribution in [2.24, 2.45) is 5.92 Å². The third-order valence-electron chi connectivity index (χ3n) is 3.16. The minimum atomic E-state index is -0.0806. The Bertz CT molecular complexity index is 453. The standard InChI is InChI=1S/C12H16ClN3O2/c1-14-11-10(13)4-9(5-15-11)12(18)16-3-2-8(6-16)7-17/h4-5,8,17H,2-3,6-7H2,1H3,(H,14,15). The number of hydrogen-bond acceptors (Lipinski definition) is 4. The monoisotopic (exact) mass is 269 g/mol. The molecule has 2 heterocycles. The lowest BCUT2D eigenvalue weighted by Gasteiger charge is -2.16. The lowest BCUT2D eigenvalue weighted by molar-refractivity contribution is 0.0781. The summed E-state index contributed by atoms with van der Waals surface area (Å²) in [4.78, 5) is 18.0. The maximum atomic E-state index is 12.2. The van der Waals surface area contributed by atoms with Crippen LogP contribution in [0.15, 0.2) is 12.3 Å². The SMILES string of the molecule is CNc1ncc(C(=O)N2CCC(CO)C2)cc1Cl. The van der Waals surface area contributed by atoms with Gasteiger partial charge in [-0.25, -0.2) is 4.98 Å². The van der Waals surface area contributed by atoms with E-state index in [1.807, 2.05) is 0 Å². The molecule has 0 spiro atoms. The van der Waals surface area contributed by atoms with Crippen LogP contribution in [-0.2, 0) is 0 Å². The number of halogens is 1. The van der Waals surface area contributed by atoms with Gasteiger partial charge >= 0.3 is 0 Å². The van der Waals surface area contributed by atoms with Gasteiger partial charge in [-0.2, -0.15) is 0 Å². The summed E-state index contributed by atoms with van der Waals surface area (Å²) in [7, 11) is 1.72. The quantitative estimate of drug-likeness (QED) is 0.866. The van der Waals surface area contributed by atoms with Gasteiger partial charge in [0.1, 0.15) is 5.82 Å². The summed E-state index contributed by atoms with van der Waals surface area (Å²) >= 11 is 6.00. The molecule has 2 rings (SSSR count). The van der Waals surface area contributed by atoms with E-state index in [9.17, 15) is 4.79 Å². The van der Waals surface area contributed by atoms with Gasteiger partial charge in [0, 0.05) is 38.9 Å². The Kier molecular flexibility index (Phi) is 4.04. The molecule has 0 bridgehead atoms. The third kappa shape index (κ3) is 2.57. The normalized spacial score (nSPS) is 19.1. The highest BCUT2D eigenvalue weighted by molar-refractivity contribution is 6.33. The van der Waals surface area contributed by atoms with Crippen molar-refractivity contribution in [1.82, 2.24) is 9.88 Å². The number of nitrogens with one attached hydrogen (secondary N) is 1. The molecular formula is C12H16ClN3O2. The van der Waals surface area contributed by atoms with E-state index in [1.165, 1.54) is 6.20 Å². The number of hydrogen-bond donors (Lipinski definition) is 2. The molecule has 1 aliphatic heterocycles. The fourth-order valence-electron chi connectivity index (χ4n) is 2.09. The molecule has 18 heavy (non-hydrogen) atoms. The summed E-state index contributed by atoms with van der Waals surface area (Å²) < 4.78 is 0. The van der Waals surface area contributed by atoms with Crippen molar-refractivity contribution in [3.63, 3.8) is 0 Å². The van der Waals surface area contributed by atoms with Crippen LogP contribution in [0.3, 0.4) is 0 Å². The Balaban J connectivity index is 2.12.